The number of rotatable bonds is 8. The maximum atomic E-state index is 12.8. The minimum absolute atomic E-state index is 0.00651. The summed E-state index contributed by atoms with van der Waals surface area (Å²) in [6.45, 7) is 7.44. The van der Waals surface area contributed by atoms with E-state index in [0.717, 1.165) is 70.0 Å². The molecule has 1 aromatic carbocycles. The molecule has 2 aliphatic rings. The molecule has 1 atom stereocenters. The molecule has 0 saturated carbocycles. The minimum Gasteiger partial charge on any atom is -0.378 e. The van der Waals surface area contributed by atoms with Gasteiger partial charge in [-0.3, -0.25) is 14.5 Å². The SMILES string of the molecule is CC(C(=O)Nc1ccc(N2CCOCC2)cc1)N1CCC(C(=O)NCCc2cccs2)CC1. The Balaban J connectivity index is 1.19. The lowest BCUT2D eigenvalue weighted by atomic mass is 9.95. The molecule has 7 nitrogen and oxygen atoms in total. The molecule has 33 heavy (non-hydrogen) atoms. The zero-order valence-corrected chi connectivity index (χ0v) is 20.1. The fourth-order valence-electron chi connectivity index (χ4n) is 4.45. The standard InChI is InChI=1S/C25H34N4O3S/c1-19(24(30)27-21-4-6-22(7-5-21)29-14-16-32-17-15-29)28-12-9-20(10-13-28)25(31)26-11-8-23-3-2-18-33-23/h2-7,18-20H,8-17H2,1H3,(H,26,31)(H,27,30). The second-order valence-corrected chi connectivity index (χ2v) is 9.77. The van der Waals surface area contributed by atoms with Crippen LogP contribution >= 0.6 is 11.3 Å². The number of nitrogens with zero attached hydrogens (tertiary/aromatic N) is 2. The van der Waals surface area contributed by atoms with E-state index in [9.17, 15) is 9.59 Å². The number of carbonyl (C=O) groups is 2. The van der Waals surface area contributed by atoms with E-state index < -0.39 is 0 Å². The Bertz CT molecular complexity index is 889. The molecule has 1 aromatic heterocycles. The van der Waals surface area contributed by atoms with Gasteiger partial charge in [-0.25, -0.2) is 0 Å². The number of morpholine rings is 1. The Hall–Kier alpha value is -2.42. The molecule has 0 radical (unpaired) electrons. The highest BCUT2D eigenvalue weighted by Gasteiger charge is 2.29. The first kappa shape index (κ1) is 23.7. The Morgan fingerprint density at radius 2 is 1.82 bits per heavy atom. The number of hydrogen-bond acceptors (Lipinski definition) is 6. The van der Waals surface area contributed by atoms with Crippen LogP contribution in [0.25, 0.3) is 0 Å². The predicted octanol–water partition coefficient (Wildman–Crippen LogP) is 2.98. The lowest BCUT2D eigenvalue weighted by Gasteiger charge is -2.34. The molecule has 2 amide bonds. The molecule has 2 saturated heterocycles. The van der Waals surface area contributed by atoms with Crippen molar-refractivity contribution in [3.8, 4) is 0 Å². The second-order valence-electron chi connectivity index (χ2n) is 8.74. The minimum atomic E-state index is -0.230. The van der Waals surface area contributed by atoms with E-state index in [1.54, 1.807) is 11.3 Å². The Kier molecular flexibility index (Phi) is 8.36. The molecule has 0 aliphatic carbocycles. The van der Waals surface area contributed by atoms with Gasteiger partial charge in [-0.05, 0) is 75.0 Å². The zero-order chi connectivity index (χ0) is 23.0. The molecular formula is C25H34N4O3S. The quantitative estimate of drug-likeness (QED) is 0.621. The molecule has 4 rings (SSSR count). The smallest absolute Gasteiger partial charge is 0.241 e. The van der Waals surface area contributed by atoms with Crippen LogP contribution in [0.2, 0.25) is 0 Å². The molecule has 0 bridgehead atoms. The van der Waals surface area contributed by atoms with Gasteiger partial charge in [-0.2, -0.15) is 0 Å². The van der Waals surface area contributed by atoms with Gasteiger partial charge in [0.25, 0.3) is 0 Å². The monoisotopic (exact) mass is 470 g/mol. The summed E-state index contributed by atoms with van der Waals surface area (Å²) >= 11 is 1.72. The highest BCUT2D eigenvalue weighted by Crippen LogP contribution is 2.22. The van der Waals surface area contributed by atoms with Crippen molar-refractivity contribution < 1.29 is 14.3 Å². The van der Waals surface area contributed by atoms with Crippen LogP contribution in [0.15, 0.2) is 41.8 Å². The molecular weight excluding hydrogens is 436 g/mol. The Morgan fingerprint density at radius 1 is 1.09 bits per heavy atom. The van der Waals surface area contributed by atoms with Crippen LogP contribution in [-0.2, 0) is 20.7 Å². The fourth-order valence-corrected chi connectivity index (χ4v) is 5.16. The number of nitrogens with one attached hydrogen (secondary N) is 2. The van der Waals surface area contributed by atoms with E-state index >= 15 is 0 Å². The van der Waals surface area contributed by atoms with E-state index in [-0.39, 0.29) is 23.8 Å². The third-order valence-corrected chi connectivity index (χ3v) is 7.53. The summed E-state index contributed by atoms with van der Waals surface area (Å²) in [4.78, 5) is 31.1. The Labute approximate surface area is 200 Å². The van der Waals surface area contributed by atoms with Crippen molar-refractivity contribution in [3.63, 3.8) is 0 Å². The number of piperidine rings is 1. The maximum Gasteiger partial charge on any atom is 0.241 e. The second kappa shape index (κ2) is 11.6. The average Bonchev–Trinajstić information content (AvgIpc) is 3.38. The lowest BCUT2D eigenvalue weighted by Crippen LogP contribution is -2.48. The zero-order valence-electron chi connectivity index (χ0n) is 19.3. The summed E-state index contributed by atoms with van der Waals surface area (Å²) in [5.74, 6) is 0.171. The number of carbonyl (C=O) groups excluding carboxylic acids is 2. The number of anilines is 2. The summed E-state index contributed by atoms with van der Waals surface area (Å²) in [7, 11) is 0. The molecule has 2 N–H and O–H groups in total. The van der Waals surface area contributed by atoms with Crippen molar-refractivity contribution >= 4 is 34.5 Å². The van der Waals surface area contributed by atoms with Crippen LogP contribution in [-0.4, -0.2) is 68.7 Å². The summed E-state index contributed by atoms with van der Waals surface area (Å²) in [5, 5.41) is 8.18. The first-order chi connectivity index (χ1) is 16.1. The van der Waals surface area contributed by atoms with Crippen molar-refractivity contribution in [2.45, 2.75) is 32.2 Å². The van der Waals surface area contributed by atoms with Crippen LogP contribution in [0.5, 0.6) is 0 Å². The largest absolute Gasteiger partial charge is 0.378 e. The molecule has 178 valence electrons. The molecule has 0 spiro atoms. The van der Waals surface area contributed by atoms with Gasteiger partial charge in [0.1, 0.15) is 0 Å². The summed E-state index contributed by atoms with van der Waals surface area (Å²) < 4.78 is 5.41. The van der Waals surface area contributed by atoms with E-state index in [1.807, 2.05) is 37.3 Å². The van der Waals surface area contributed by atoms with Gasteiger partial charge in [0.2, 0.25) is 11.8 Å². The van der Waals surface area contributed by atoms with Crippen LogP contribution in [0.4, 0.5) is 11.4 Å². The van der Waals surface area contributed by atoms with Gasteiger partial charge < -0.3 is 20.3 Å². The molecule has 8 heteroatoms. The average molecular weight is 471 g/mol. The summed E-state index contributed by atoms with van der Waals surface area (Å²) in [6, 6.07) is 11.9. The molecule has 3 heterocycles. The van der Waals surface area contributed by atoms with Gasteiger partial charge in [-0.1, -0.05) is 6.07 Å². The third-order valence-electron chi connectivity index (χ3n) is 6.59. The maximum absolute atomic E-state index is 12.8. The molecule has 1 unspecified atom stereocenters. The number of ether oxygens (including phenoxy) is 1. The number of thiophene rings is 1. The summed E-state index contributed by atoms with van der Waals surface area (Å²) in [5.41, 5.74) is 1.96. The van der Waals surface area contributed by atoms with Crippen molar-refractivity contribution in [1.29, 1.82) is 0 Å². The number of likely N-dealkylation sites (tertiary alicyclic amines) is 1. The van der Waals surface area contributed by atoms with Crippen LogP contribution in [0.1, 0.15) is 24.6 Å². The molecule has 2 fully saturated rings. The van der Waals surface area contributed by atoms with Crippen molar-refractivity contribution in [1.82, 2.24) is 10.2 Å². The van der Waals surface area contributed by atoms with E-state index in [1.165, 1.54) is 4.88 Å². The first-order valence-electron chi connectivity index (χ1n) is 11.9. The lowest BCUT2D eigenvalue weighted by molar-refractivity contribution is -0.127. The Morgan fingerprint density at radius 3 is 2.48 bits per heavy atom. The highest BCUT2D eigenvalue weighted by atomic mass is 32.1. The van der Waals surface area contributed by atoms with Crippen molar-refractivity contribution in [2.75, 3.05) is 56.2 Å². The van der Waals surface area contributed by atoms with E-state index in [4.69, 9.17) is 4.74 Å². The van der Waals surface area contributed by atoms with Gasteiger partial charge in [-0.15, -0.1) is 11.3 Å². The summed E-state index contributed by atoms with van der Waals surface area (Å²) in [6.07, 6.45) is 2.46. The molecule has 2 aromatic rings. The van der Waals surface area contributed by atoms with Gasteiger partial charge in [0.05, 0.1) is 19.3 Å². The fraction of sp³-hybridized carbons (Fsp3) is 0.520. The number of benzene rings is 1. The normalized spacial score (nSPS) is 18.6. The van der Waals surface area contributed by atoms with E-state index in [2.05, 4.69) is 31.9 Å². The number of hydrogen-bond donors (Lipinski definition) is 2. The van der Waals surface area contributed by atoms with Crippen LogP contribution in [0.3, 0.4) is 0 Å². The van der Waals surface area contributed by atoms with Crippen LogP contribution < -0.4 is 15.5 Å². The third kappa shape index (κ3) is 6.56. The highest BCUT2D eigenvalue weighted by molar-refractivity contribution is 7.09. The van der Waals surface area contributed by atoms with Gasteiger partial charge >= 0.3 is 0 Å². The van der Waals surface area contributed by atoms with E-state index in [0.29, 0.717) is 6.54 Å². The van der Waals surface area contributed by atoms with Gasteiger partial charge in [0, 0.05) is 41.8 Å². The van der Waals surface area contributed by atoms with Crippen molar-refractivity contribution in [3.05, 3.63) is 46.7 Å². The predicted molar refractivity (Wildman–Crippen MR) is 133 cm³/mol. The number of amides is 2. The van der Waals surface area contributed by atoms with Crippen LogP contribution in [0, 0.1) is 5.92 Å². The molecule has 2 aliphatic heterocycles. The topological polar surface area (TPSA) is 73.9 Å². The first-order valence-corrected chi connectivity index (χ1v) is 12.8. The van der Waals surface area contributed by atoms with Gasteiger partial charge in [0.15, 0.2) is 0 Å². The van der Waals surface area contributed by atoms with Crippen molar-refractivity contribution in [2.24, 2.45) is 5.92 Å².